The summed E-state index contributed by atoms with van der Waals surface area (Å²) >= 11 is 0. The number of nitrogens with zero attached hydrogens (tertiary/aromatic N) is 4. The number of rotatable bonds is 3. The van der Waals surface area contributed by atoms with E-state index >= 15 is 0 Å². The Morgan fingerprint density at radius 2 is 2.16 bits per heavy atom. The van der Waals surface area contributed by atoms with Crippen molar-refractivity contribution >= 4 is 20.8 Å². The highest BCUT2D eigenvalue weighted by atomic mass is 32.2. The molecule has 0 saturated carbocycles. The second kappa shape index (κ2) is 5.82. The van der Waals surface area contributed by atoms with Crippen molar-refractivity contribution in [1.82, 2.24) is 19.1 Å². The largest absolute Gasteiger partial charge is 0.497 e. The predicted octanol–water partition coefficient (Wildman–Crippen LogP) is 2.38. The van der Waals surface area contributed by atoms with Gasteiger partial charge >= 0.3 is 0 Å². The average molecular weight is 357 g/mol. The Morgan fingerprint density at radius 3 is 2.92 bits per heavy atom. The van der Waals surface area contributed by atoms with Crippen LogP contribution in [0.4, 0.5) is 0 Å². The van der Waals surface area contributed by atoms with E-state index in [0.29, 0.717) is 19.5 Å². The van der Waals surface area contributed by atoms with Gasteiger partial charge in [-0.25, -0.2) is 18.0 Å². The lowest BCUT2D eigenvalue weighted by molar-refractivity contribution is 0.414. The molecule has 7 nitrogen and oxygen atoms in total. The van der Waals surface area contributed by atoms with E-state index in [-0.39, 0.29) is 0 Å². The molecule has 8 heteroatoms. The molecule has 0 spiro atoms. The number of nitrogens with one attached hydrogen (secondary N) is 1. The fourth-order valence-electron chi connectivity index (χ4n) is 3.15. The summed E-state index contributed by atoms with van der Waals surface area (Å²) in [6.07, 6.45) is 5.88. The highest BCUT2D eigenvalue weighted by Crippen LogP contribution is 2.26. The number of benzene rings is 1. The van der Waals surface area contributed by atoms with Crippen molar-refractivity contribution in [2.24, 2.45) is 0 Å². The standard InChI is InChI=1S/C17H19N5O2S/c1-24-13-3-4-14-16(9-13)19-7-5-17(14)22-11-12-10-21(25(2,18)23)8-6-15(12)20-22/h3-5,7,9,11,18H,6,8,10H2,1-2H3. The van der Waals surface area contributed by atoms with Crippen molar-refractivity contribution in [3.05, 3.63) is 47.9 Å². The van der Waals surface area contributed by atoms with Crippen molar-refractivity contribution in [2.45, 2.75) is 13.0 Å². The van der Waals surface area contributed by atoms with Crippen LogP contribution < -0.4 is 4.74 Å². The first-order valence-electron chi connectivity index (χ1n) is 7.95. The molecule has 2 aromatic heterocycles. The van der Waals surface area contributed by atoms with E-state index in [1.807, 2.05) is 35.1 Å². The van der Waals surface area contributed by atoms with Crippen LogP contribution in [0.25, 0.3) is 16.6 Å². The van der Waals surface area contributed by atoms with Crippen LogP contribution in [0, 0.1) is 4.78 Å². The van der Waals surface area contributed by atoms with Gasteiger partial charge in [0.15, 0.2) is 0 Å². The minimum absolute atomic E-state index is 0.491. The molecule has 0 fully saturated rings. The fourth-order valence-corrected chi connectivity index (χ4v) is 3.97. The number of hydrogen-bond donors (Lipinski definition) is 1. The molecule has 0 radical (unpaired) electrons. The molecule has 0 bridgehead atoms. The van der Waals surface area contributed by atoms with Gasteiger partial charge in [0.25, 0.3) is 0 Å². The summed E-state index contributed by atoms with van der Waals surface area (Å²) in [6.45, 7) is 1.09. The van der Waals surface area contributed by atoms with Crippen LogP contribution in [0.15, 0.2) is 36.7 Å². The summed E-state index contributed by atoms with van der Waals surface area (Å²) in [5, 5.41) is 5.69. The van der Waals surface area contributed by atoms with E-state index < -0.39 is 9.92 Å². The number of methoxy groups -OCH3 is 1. The van der Waals surface area contributed by atoms with Crippen LogP contribution in [-0.2, 0) is 22.9 Å². The Hall–Kier alpha value is -2.45. The van der Waals surface area contributed by atoms with Gasteiger partial charge in [-0.3, -0.25) is 4.98 Å². The smallest absolute Gasteiger partial charge is 0.121 e. The van der Waals surface area contributed by atoms with Crippen molar-refractivity contribution in [3.63, 3.8) is 0 Å². The monoisotopic (exact) mass is 357 g/mol. The van der Waals surface area contributed by atoms with E-state index in [4.69, 9.17) is 14.6 Å². The Balaban J connectivity index is 1.77. The minimum Gasteiger partial charge on any atom is -0.497 e. The van der Waals surface area contributed by atoms with Gasteiger partial charge in [0.2, 0.25) is 0 Å². The second-order valence-corrected chi connectivity index (χ2v) is 8.30. The van der Waals surface area contributed by atoms with Gasteiger partial charge in [0.05, 0.1) is 24.0 Å². The summed E-state index contributed by atoms with van der Waals surface area (Å²) < 4.78 is 28.6. The van der Waals surface area contributed by atoms with Crippen LogP contribution in [-0.4, -0.2) is 43.2 Å². The summed E-state index contributed by atoms with van der Waals surface area (Å²) in [5.41, 5.74) is 3.80. The van der Waals surface area contributed by atoms with E-state index in [2.05, 4.69) is 4.98 Å². The van der Waals surface area contributed by atoms with E-state index in [0.717, 1.165) is 33.6 Å². The van der Waals surface area contributed by atoms with Crippen LogP contribution in [0.1, 0.15) is 11.3 Å². The van der Waals surface area contributed by atoms with Gasteiger partial charge in [-0.15, -0.1) is 0 Å². The first-order valence-corrected chi connectivity index (χ1v) is 9.87. The molecule has 1 atom stereocenters. The molecule has 3 heterocycles. The predicted molar refractivity (Wildman–Crippen MR) is 96.3 cm³/mol. The normalized spacial score (nSPS) is 17.2. The zero-order valence-electron chi connectivity index (χ0n) is 14.1. The van der Waals surface area contributed by atoms with Crippen LogP contribution in [0.3, 0.4) is 0 Å². The Bertz CT molecular complexity index is 1060. The molecule has 1 unspecified atom stereocenters. The highest BCUT2D eigenvalue weighted by molar-refractivity contribution is 7.89. The second-order valence-electron chi connectivity index (χ2n) is 6.17. The van der Waals surface area contributed by atoms with Crippen LogP contribution >= 0.6 is 0 Å². The first kappa shape index (κ1) is 16.0. The quantitative estimate of drug-likeness (QED) is 0.780. The molecular formula is C17H19N5O2S. The number of pyridine rings is 1. The van der Waals surface area contributed by atoms with E-state index in [9.17, 15) is 4.21 Å². The topological polar surface area (TPSA) is 84.1 Å². The zero-order valence-corrected chi connectivity index (χ0v) is 14.9. The molecule has 4 rings (SSSR count). The Morgan fingerprint density at radius 1 is 1.32 bits per heavy atom. The van der Waals surface area contributed by atoms with Gasteiger partial charge in [-0.2, -0.15) is 5.10 Å². The van der Waals surface area contributed by atoms with Gasteiger partial charge in [0.1, 0.15) is 15.7 Å². The SMILES string of the molecule is COc1ccc2c(-n3cc4c(n3)CCN(S(C)(=N)=O)C4)ccnc2c1. The zero-order chi connectivity index (χ0) is 17.6. The van der Waals surface area contributed by atoms with Crippen molar-refractivity contribution < 1.29 is 8.95 Å². The van der Waals surface area contributed by atoms with Gasteiger partial charge < -0.3 is 4.74 Å². The fraction of sp³-hybridized carbons (Fsp3) is 0.294. The molecule has 25 heavy (non-hydrogen) atoms. The van der Waals surface area contributed by atoms with Crippen LogP contribution in [0.2, 0.25) is 0 Å². The van der Waals surface area contributed by atoms with Crippen molar-refractivity contribution in [3.8, 4) is 11.4 Å². The maximum absolute atomic E-state index is 12.0. The van der Waals surface area contributed by atoms with Gasteiger partial charge in [-0.1, -0.05) is 0 Å². The molecule has 1 aliphatic heterocycles. The molecule has 0 aliphatic carbocycles. The summed E-state index contributed by atoms with van der Waals surface area (Å²) in [5.74, 6) is 0.765. The number of hydrogen-bond acceptors (Lipinski definition) is 5. The molecule has 1 aromatic carbocycles. The molecule has 130 valence electrons. The van der Waals surface area contributed by atoms with E-state index in [1.54, 1.807) is 17.6 Å². The van der Waals surface area contributed by atoms with E-state index in [1.165, 1.54) is 6.26 Å². The summed E-state index contributed by atoms with van der Waals surface area (Å²) in [4.78, 5) is 4.41. The molecule has 0 saturated heterocycles. The Labute approximate surface area is 146 Å². The highest BCUT2D eigenvalue weighted by Gasteiger charge is 2.24. The number of aromatic nitrogens is 3. The van der Waals surface area contributed by atoms with Crippen molar-refractivity contribution in [2.75, 3.05) is 19.9 Å². The average Bonchev–Trinajstić information content (AvgIpc) is 3.03. The maximum atomic E-state index is 12.0. The molecule has 0 amide bonds. The maximum Gasteiger partial charge on any atom is 0.121 e. The molecular weight excluding hydrogens is 338 g/mol. The molecule has 1 aliphatic rings. The molecule has 3 aromatic rings. The van der Waals surface area contributed by atoms with Gasteiger partial charge in [0, 0.05) is 55.2 Å². The first-order chi connectivity index (χ1) is 12.0. The number of fused-ring (bicyclic) bond motifs is 2. The van der Waals surface area contributed by atoms with Crippen molar-refractivity contribution in [1.29, 1.82) is 4.78 Å². The minimum atomic E-state index is -2.69. The molecule has 1 N–H and O–H groups in total. The third kappa shape index (κ3) is 2.87. The summed E-state index contributed by atoms with van der Waals surface area (Å²) in [7, 11) is -1.06. The van der Waals surface area contributed by atoms with Crippen LogP contribution in [0.5, 0.6) is 5.75 Å². The third-order valence-corrected chi connectivity index (χ3v) is 5.79. The number of ether oxygens (including phenoxy) is 1. The lowest BCUT2D eigenvalue weighted by atomic mass is 10.1. The lowest BCUT2D eigenvalue weighted by Crippen LogP contribution is -2.34. The Kier molecular flexibility index (Phi) is 3.73. The lowest BCUT2D eigenvalue weighted by Gasteiger charge is -2.25. The third-order valence-electron chi connectivity index (χ3n) is 4.49. The van der Waals surface area contributed by atoms with Gasteiger partial charge in [-0.05, 0) is 18.2 Å². The summed E-state index contributed by atoms with van der Waals surface area (Å²) in [6, 6.07) is 7.71.